The molecule has 0 heterocycles. The lowest BCUT2D eigenvalue weighted by atomic mass is 10.1. The van der Waals surface area contributed by atoms with Crippen molar-refractivity contribution in [2.45, 2.75) is 19.9 Å². The molecule has 0 bridgehead atoms. The highest BCUT2D eigenvalue weighted by Gasteiger charge is 2.06. The number of hydrogen-bond acceptors (Lipinski definition) is 2. The van der Waals surface area contributed by atoms with Crippen molar-refractivity contribution in [1.82, 2.24) is 5.32 Å². The van der Waals surface area contributed by atoms with Crippen LogP contribution in [0.2, 0.25) is 0 Å². The zero-order valence-corrected chi connectivity index (χ0v) is 9.00. The standard InChI is InChI=1S/C12H15FN2/c1-9(7-14)8-15-10(2)11-3-5-12(13)6-4-11/h3-6,9-10,15H,8H2,1-2H3/t9?,10-/m0/s1. The molecule has 1 rings (SSSR count). The van der Waals surface area contributed by atoms with Gasteiger partial charge in [-0.05, 0) is 31.5 Å². The average molecular weight is 206 g/mol. The van der Waals surface area contributed by atoms with Gasteiger partial charge in [0.1, 0.15) is 5.82 Å². The summed E-state index contributed by atoms with van der Waals surface area (Å²) < 4.78 is 12.7. The third-order valence-electron chi connectivity index (χ3n) is 2.32. The van der Waals surface area contributed by atoms with Gasteiger partial charge in [-0.25, -0.2) is 4.39 Å². The SMILES string of the molecule is CC(C#N)CN[C@@H](C)c1ccc(F)cc1. The molecule has 0 aromatic heterocycles. The minimum atomic E-state index is -0.226. The Balaban J connectivity index is 2.51. The van der Waals surface area contributed by atoms with Crippen molar-refractivity contribution in [2.24, 2.45) is 5.92 Å². The van der Waals surface area contributed by atoms with Crippen LogP contribution in [-0.2, 0) is 0 Å². The Morgan fingerprint density at radius 1 is 1.33 bits per heavy atom. The highest BCUT2D eigenvalue weighted by Crippen LogP contribution is 2.12. The van der Waals surface area contributed by atoms with E-state index in [1.165, 1.54) is 12.1 Å². The Morgan fingerprint density at radius 3 is 2.47 bits per heavy atom. The van der Waals surface area contributed by atoms with E-state index in [0.29, 0.717) is 6.54 Å². The fourth-order valence-corrected chi connectivity index (χ4v) is 1.27. The second-order valence-corrected chi connectivity index (χ2v) is 3.71. The van der Waals surface area contributed by atoms with Gasteiger partial charge in [-0.15, -0.1) is 0 Å². The van der Waals surface area contributed by atoms with Crippen LogP contribution in [0, 0.1) is 23.1 Å². The fraction of sp³-hybridized carbons (Fsp3) is 0.417. The second kappa shape index (κ2) is 5.47. The summed E-state index contributed by atoms with van der Waals surface area (Å²) in [7, 11) is 0. The van der Waals surface area contributed by atoms with Crippen LogP contribution in [0.3, 0.4) is 0 Å². The number of nitrogens with zero attached hydrogens (tertiary/aromatic N) is 1. The largest absolute Gasteiger partial charge is 0.309 e. The molecular weight excluding hydrogens is 191 g/mol. The molecule has 0 saturated carbocycles. The minimum Gasteiger partial charge on any atom is -0.309 e. The molecule has 80 valence electrons. The van der Waals surface area contributed by atoms with Crippen molar-refractivity contribution < 1.29 is 4.39 Å². The van der Waals surface area contributed by atoms with Crippen LogP contribution in [0.1, 0.15) is 25.5 Å². The van der Waals surface area contributed by atoms with Crippen molar-refractivity contribution in [3.8, 4) is 6.07 Å². The molecular formula is C12H15FN2. The van der Waals surface area contributed by atoms with E-state index in [2.05, 4.69) is 11.4 Å². The smallest absolute Gasteiger partial charge is 0.123 e. The maximum Gasteiger partial charge on any atom is 0.123 e. The average Bonchev–Trinajstić information content (AvgIpc) is 2.26. The van der Waals surface area contributed by atoms with Gasteiger partial charge < -0.3 is 5.32 Å². The van der Waals surface area contributed by atoms with Crippen LogP contribution < -0.4 is 5.32 Å². The third-order valence-corrected chi connectivity index (χ3v) is 2.32. The summed E-state index contributed by atoms with van der Waals surface area (Å²) in [5.41, 5.74) is 1.03. The Bertz CT molecular complexity index is 340. The van der Waals surface area contributed by atoms with Gasteiger partial charge in [0.2, 0.25) is 0 Å². The molecule has 0 fully saturated rings. The molecule has 0 saturated heterocycles. The molecule has 0 radical (unpaired) electrons. The lowest BCUT2D eigenvalue weighted by Gasteiger charge is -2.14. The normalized spacial score (nSPS) is 14.3. The molecule has 1 N–H and O–H groups in total. The summed E-state index contributed by atoms with van der Waals surface area (Å²) in [6.07, 6.45) is 0. The zero-order chi connectivity index (χ0) is 11.3. The monoisotopic (exact) mass is 206 g/mol. The summed E-state index contributed by atoms with van der Waals surface area (Å²) >= 11 is 0. The molecule has 0 amide bonds. The zero-order valence-electron chi connectivity index (χ0n) is 9.00. The fourth-order valence-electron chi connectivity index (χ4n) is 1.27. The quantitative estimate of drug-likeness (QED) is 0.822. The summed E-state index contributed by atoms with van der Waals surface area (Å²) in [5, 5.41) is 11.8. The molecule has 0 aliphatic rings. The second-order valence-electron chi connectivity index (χ2n) is 3.71. The van der Waals surface area contributed by atoms with Crippen molar-refractivity contribution in [1.29, 1.82) is 5.26 Å². The van der Waals surface area contributed by atoms with Crippen LogP contribution in [0.25, 0.3) is 0 Å². The van der Waals surface area contributed by atoms with Crippen molar-refractivity contribution >= 4 is 0 Å². The van der Waals surface area contributed by atoms with E-state index >= 15 is 0 Å². The number of rotatable bonds is 4. The van der Waals surface area contributed by atoms with E-state index in [9.17, 15) is 4.39 Å². The lowest BCUT2D eigenvalue weighted by Crippen LogP contribution is -2.23. The molecule has 15 heavy (non-hydrogen) atoms. The molecule has 0 aliphatic heterocycles. The molecule has 0 aliphatic carbocycles. The highest BCUT2D eigenvalue weighted by atomic mass is 19.1. The van der Waals surface area contributed by atoms with Crippen molar-refractivity contribution in [3.63, 3.8) is 0 Å². The predicted molar refractivity (Wildman–Crippen MR) is 57.6 cm³/mol. The predicted octanol–water partition coefficient (Wildman–Crippen LogP) is 2.64. The van der Waals surface area contributed by atoms with E-state index in [1.54, 1.807) is 12.1 Å². The van der Waals surface area contributed by atoms with E-state index in [-0.39, 0.29) is 17.8 Å². The number of benzene rings is 1. The Kier molecular flexibility index (Phi) is 4.26. The van der Waals surface area contributed by atoms with Gasteiger partial charge in [0.25, 0.3) is 0 Å². The van der Waals surface area contributed by atoms with Gasteiger partial charge in [0, 0.05) is 12.6 Å². The van der Waals surface area contributed by atoms with Crippen LogP contribution in [0.5, 0.6) is 0 Å². The van der Waals surface area contributed by atoms with Crippen molar-refractivity contribution in [3.05, 3.63) is 35.6 Å². The molecule has 0 spiro atoms. The number of nitriles is 1. The Hall–Kier alpha value is -1.40. The first-order chi connectivity index (χ1) is 7.13. The van der Waals surface area contributed by atoms with Crippen LogP contribution in [-0.4, -0.2) is 6.54 Å². The van der Waals surface area contributed by atoms with Gasteiger partial charge in [0.15, 0.2) is 0 Å². The maximum atomic E-state index is 12.7. The van der Waals surface area contributed by atoms with E-state index in [0.717, 1.165) is 5.56 Å². The molecule has 1 unspecified atom stereocenters. The van der Waals surface area contributed by atoms with Crippen molar-refractivity contribution in [2.75, 3.05) is 6.54 Å². The van der Waals surface area contributed by atoms with Crippen LogP contribution >= 0.6 is 0 Å². The summed E-state index contributed by atoms with van der Waals surface area (Å²) in [6, 6.07) is 8.70. The van der Waals surface area contributed by atoms with Gasteiger partial charge in [0.05, 0.1) is 12.0 Å². The first-order valence-electron chi connectivity index (χ1n) is 5.02. The molecule has 3 heteroatoms. The molecule has 2 atom stereocenters. The molecule has 1 aromatic carbocycles. The molecule has 1 aromatic rings. The Labute approximate surface area is 89.7 Å². The third kappa shape index (κ3) is 3.69. The van der Waals surface area contributed by atoms with Crippen LogP contribution in [0.4, 0.5) is 4.39 Å². The number of halogens is 1. The topological polar surface area (TPSA) is 35.8 Å². The summed E-state index contributed by atoms with van der Waals surface area (Å²) in [6.45, 7) is 4.51. The summed E-state index contributed by atoms with van der Waals surface area (Å²) in [4.78, 5) is 0. The molecule has 2 nitrogen and oxygen atoms in total. The highest BCUT2D eigenvalue weighted by molar-refractivity contribution is 5.19. The number of nitrogens with one attached hydrogen (secondary N) is 1. The summed E-state index contributed by atoms with van der Waals surface area (Å²) in [5.74, 6) is -0.232. The van der Waals surface area contributed by atoms with E-state index in [1.807, 2.05) is 13.8 Å². The van der Waals surface area contributed by atoms with Gasteiger partial charge >= 0.3 is 0 Å². The minimum absolute atomic E-state index is 0.00658. The Morgan fingerprint density at radius 2 is 1.93 bits per heavy atom. The maximum absolute atomic E-state index is 12.7. The van der Waals surface area contributed by atoms with E-state index < -0.39 is 0 Å². The first kappa shape index (κ1) is 11.7. The van der Waals surface area contributed by atoms with Gasteiger partial charge in [-0.2, -0.15) is 5.26 Å². The van der Waals surface area contributed by atoms with Crippen LogP contribution in [0.15, 0.2) is 24.3 Å². The van der Waals surface area contributed by atoms with Gasteiger partial charge in [-0.1, -0.05) is 12.1 Å². The number of hydrogen-bond donors (Lipinski definition) is 1. The van der Waals surface area contributed by atoms with Gasteiger partial charge in [-0.3, -0.25) is 0 Å². The lowest BCUT2D eigenvalue weighted by molar-refractivity contribution is 0.526. The first-order valence-corrected chi connectivity index (χ1v) is 5.02. The van der Waals surface area contributed by atoms with E-state index in [4.69, 9.17) is 5.26 Å².